The summed E-state index contributed by atoms with van der Waals surface area (Å²) in [5.74, 6) is -0.348. The maximum atomic E-state index is 12.9. The number of benzene rings is 2. The van der Waals surface area contributed by atoms with Crippen molar-refractivity contribution in [1.29, 1.82) is 0 Å². The van der Waals surface area contributed by atoms with Gasteiger partial charge in [-0.3, -0.25) is 9.59 Å². The highest BCUT2D eigenvalue weighted by atomic mass is 16.1. The number of hydrogen-bond acceptors (Lipinski definition) is 5. The molecule has 0 heterocycles. The van der Waals surface area contributed by atoms with Gasteiger partial charge in [-0.05, 0) is 26.2 Å². The maximum absolute atomic E-state index is 12.9. The lowest BCUT2D eigenvalue weighted by atomic mass is 9.82. The Kier molecular flexibility index (Phi) is 3.88. The molecule has 23 heavy (non-hydrogen) atoms. The van der Waals surface area contributed by atoms with E-state index >= 15 is 0 Å². The summed E-state index contributed by atoms with van der Waals surface area (Å²) in [5, 5.41) is 3.25. The summed E-state index contributed by atoms with van der Waals surface area (Å²) >= 11 is 0. The highest BCUT2D eigenvalue weighted by Gasteiger charge is 2.32. The van der Waals surface area contributed by atoms with Gasteiger partial charge in [0.25, 0.3) is 0 Å². The molecule has 0 radical (unpaired) electrons. The molecule has 0 bridgehead atoms. The van der Waals surface area contributed by atoms with Gasteiger partial charge < -0.3 is 16.0 Å². The Hall–Kier alpha value is -2.66. The molecule has 3 rings (SSSR count). The molecule has 0 atom stereocenters. The fraction of sp³-hybridized carbons (Fsp3) is 0.222. The summed E-state index contributed by atoms with van der Waals surface area (Å²) in [4.78, 5) is 27.7. The molecule has 0 fully saturated rings. The standard InChI is InChI=1S/C18H19N3O2/c1-21(2)10-9-20-14-8-4-6-12-16(14)18(23)15-11(17(12)22)5-3-7-13(15)19/h3-8,20H,9-10,19H2,1-2H3. The summed E-state index contributed by atoms with van der Waals surface area (Å²) < 4.78 is 0. The lowest BCUT2D eigenvalue weighted by Crippen LogP contribution is -2.25. The molecule has 0 amide bonds. The molecule has 0 saturated heterocycles. The lowest BCUT2D eigenvalue weighted by molar-refractivity contribution is 0.0980. The fourth-order valence-electron chi connectivity index (χ4n) is 2.83. The average molecular weight is 309 g/mol. The SMILES string of the molecule is CN(C)CCNc1cccc2c1C(=O)c1c(N)cccc1C2=O. The van der Waals surface area contributed by atoms with Crippen molar-refractivity contribution >= 4 is 22.9 Å². The molecular formula is C18H19N3O2. The lowest BCUT2D eigenvalue weighted by Gasteiger charge is -2.22. The van der Waals surface area contributed by atoms with Crippen molar-refractivity contribution in [3.63, 3.8) is 0 Å². The first-order valence-corrected chi connectivity index (χ1v) is 7.50. The molecule has 0 unspecified atom stereocenters. The number of likely N-dealkylation sites (N-methyl/N-ethyl adjacent to an activating group) is 1. The van der Waals surface area contributed by atoms with E-state index < -0.39 is 0 Å². The van der Waals surface area contributed by atoms with Gasteiger partial charge >= 0.3 is 0 Å². The smallest absolute Gasteiger partial charge is 0.198 e. The topological polar surface area (TPSA) is 75.4 Å². The van der Waals surface area contributed by atoms with Crippen LogP contribution in [0.3, 0.4) is 0 Å². The Balaban J connectivity index is 2.06. The van der Waals surface area contributed by atoms with Crippen LogP contribution in [-0.2, 0) is 0 Å². The van der Waals surface area contributed by atoms with Crippen LogP contribution in [0, 0.1) is 0 Å². The van der Waals surface area contributed by atoms with Gasteiger partial charge in [-0.15, -0.1) is 0 Å². The van der Waals surface area contributed by atoms with E-state index in [0.717, 1.165) is 6.54 Å². The number of carbonyl (C=O) groups excluding carboxylic acids is 2. The molecule has 0 saturated carbocycles. The van der Waals surface area contributed by atoms with Crippen LogP contribution in [0.5, 0.6) is 0 Å². The predicted molar refractivity (Wildman–Crippen MR) is 91.2 cm³/mol. The molecular weight excluding hydrogens is 290 g/mol. The molecule has 2 aromatic carbocycles. The summed E-state index contributed by atoms with van der Waals surface area (Å²) in [6.45, 7) is 1.51. The fourth-order valence-corrected chi connectivity index (χ4v) is 2.83. The zero-order valence-electron chi connectivity index (χ0n) is 13.2. The highest BCUT2D eigenvalue weighted by molar-refractivity contribution is 6.31. The van der Waals surface area contributed by atoms with Crippen molar-refractivity contribution in [2.24, 2.45) is 0 Å². The van der Waals surface area contributed by atoms with E-state index in [4.69, 9.17) is 5.73 Å². The number of fused-ring (bicyclic) bond motifs is 2. The van der Waals surface area contributed by atoms with Gasteiger partial charge in [0, 0.05) is 35.6 Å². The normalized spacial score (nSPS) is 13.0. The van der Waals surface area contributed by atoms with Crippen LogP contribution in [0.4, 0.5) is 11.4 Å². The maximum Gasteiger partial charge on any atom is 0.198 e. The number of ketones is 2. The van der Waals surface area contributed by atoms with E-state index in [9.17, 15) is 9.59 Å². The monoisotopic (exact) mass is 309 g/mol. The van der Waals surface area contributed by atoms with Gasteiger partial charge in [0.1, 0.15) is 0 Å². The third-order valence-corrected chi connectivity index (χ3v) is 3.98. The van der Waals surface area contributed by atoms with E-state index in [1.807, 2.05) is 25.1 Å². The third-order valence-electron chi connectivity index (χ3n) is 3.98. The number of carbonyl (C=O) groups is 2. The molecule has 1 aliphatic rings. The number of nitrogens with two attached hydrogens (primary N) is 1. The summed E-state index contributed by atoms with van der Waals surface area (Å²) in [5.41, 5.74) is 8.51. The Morgan fingerprint density at radius 2 is 1.61 bits per heavy atom. The number of nitrogens with zero attached hydrogens (tertiary/aromatic N) is 1. The molecule has 118 valence electrons. The van der Waals surface area contributed by atoms with E-state index in [2.05, 4.69) is 5.32 Å². The van der Waals surface area contributed by atoms with Crippen LogP contribution >= 0.6 is 0 Å². The number of nitrogens with one attached hydrogen (secondary N) is 1. The summed E-state index contributed by atoms with van der Waals surface area (Å²) in [6.07, 6.45) is 0. The summed E-state index contributed by atoms with van der Waals surface area (Å²) in [7, 11) is 3.96. The molecule has 5 heteroatoms. The zero-order chi connectivity index (χ0) is 16.6. The Labute approximate surface area is 135 Å². The first kappa shape index (κ1) is 15.2. The Morgan fingerprint density at radius 1 is 0.957 bits per heavy atom. The minimum Gasteiger partial charge on any atom is -0.398 e. The van der Waals surface area contributed by atoms with Crippen LogP contribution in [0.15, 0.2) is 36.4 Å². The number of anilines is 2. The highest BCUT2D eigenvalue weighted by Crippen LogP contribution is 2.34. The first-order valence-electron chi connectivity index (χ1n) is 7.50. The van der Waals surface area contributed by atoms with Gasteiger partial charge in [0.15, 0.2) is 11.6 Å². The minimum absolute atomic E-state index is 0.154. The van der Waals surface area contributed by atoms with Crippen LogP contribution in [-0.4, -0.2) is 43.7 Å². The largest absolute Gasteiger partial charge is 0.398 e. The second-order valence-corrected chi connectivity index (χ2v) is 5.89. The Morgan fingerprint density at radius 3 is 2.30 bits per heavy atom. The molecule has 5 nitrogen and oxygen atoms in total. The second kappa shape index (κ2) is 5.85. The van der Waals surface area contributed by atoms with E-state index in [1.54, 1.807) is 30.3 Å². The number of hydrogen-bond donors (Lipinski definition) is 2. The molecule has 1 aliphatic carbocycles. The average Bonchev–Trinajstić information content (AvgIpc) is 2.52. The van der Waals surface area contributed by atoms with Crippen molar-refractivity contribution in [3.8, 4) is 0 Å². The molecule has 0 aliphatic heterocycles. The van der Waals surface area contributed by atoms with Gasteiger partial charge in [-0.25, -0.2) is 0 Å². The van der Waals surface area contributed by atoms with Crippen molar-refractivity contribution in [2.75, 3.05) is 38.2 Å². The minimum atomic E-state index is -0.194. The third kappa shape index (κ3) is 2.59. The van der Waals surface area contributed by atoms with Crippen LogP contribution < -0.4 is 11.1 Å². The molecule has 0 spiro atoms. The van der Waals surface area contributed by atoms with Crippen LogP contribution in [0.25, 0.3) is 0 Å². The van der Waals surface area contributed by atoms with Gasteiger partial charge in [-0.1, -0.05) is 24.3 Å². The van der Waals surface area contributed by atoms with Gasteiger partial charge in [-0.2, -0.15) is 0 Å². The molecule has 2 aromatic rings. The van der Waals surface area contributed by atoms with Crippen molar-refractivity contribution in [3.05, 3.63) is 58.7 Å². The van der Waals surface area contributed by atoms with Crippen LogP contribution in [0.1, 0.15) is 31.8 Å². The predicted octanol–water partition coefficient (Wildman–Crippen LogP) is 2.02. The zero-order valence-corrected chi connectivity index (χ0v) is 13.2. The quantitative estimate of drug-likeness (QED) is 0.721. The second-order valence-electron chi connectivity index (χ2n) is 5.89. The summed E-state index contributed by atoms with van der Waals surface area (Å²) in [6, 6.07) is 10.3. The first-order chi connectivity index (χ1) is 11.0. The van der Waals surface area contributed by atoms with E-state index in [-0.39, 0.29) is 11.6 Å². The van der Waals surface area contributed by atoms with Crippen molar-refractivity contribution in [1.82, 2.24) is 4.90 Å². The van der Waals surface area contributed by atoms with Crippen molar-refractivity contribution < 1.29 is 9.59 Å². The van der Waals surface area contributed by atoms with Gasteiger partial charge in [0.05, 0.1) is 11.1 Å². The van der Waals surface area contributed by atoms with Crippen molar-refractivity contribution in [2.45, 2.75) is 0 Å². The van der Waals surface area contributed by atoms with E-state index in [0.29, 0.717) is 40.2 Å². The molecule has 0 aromatic heterocycles. The van der Waals surface area contributed by atoms with E-state index in [1.165, 1.54) is 0 Å². The Bertz CT molecular complexity index is 797. The molecule has 3 N–H and O–H groups in total. The number of nitrogen functional groups attached to an aromatic ring is 1. The van der Waals surface area contributed by atoms with Gasteiger partial charge in [0.2, 0.25) is 0 Å². The van der Waals surface area contributed by atoms with Crippen LogP contribution in [0.2, 0.25) is 0 Å². The number of rotatable bonds is 4.